The molecule has 10 heteroatoms. The average molecular weight is 444 g/mol. The lowest BCUT2D eigenvalue weighted by Gasteiger charge is -2.16. The fourth-order valence-electron chi connectivity index (χ4n) is 3.12. The van der Waals surface area contributed by atoms with Crippen molar-refractivity contribution in [2.75, 3.05) is 24.9 Å². The zero-order chi connectivity index (χ0) is 23.2. The quantitative estimate of drug-likeness (QED) is 0.449. The van der Waals surface area contributed by atoms with Gasteiger partial charge in [0.25, 0.3) is 11.8 Å². The van der Waals surface area contributed by atoms with Crippen LogP contribution in [0.25, 0.3) is 5.69 Å². The van der Waals surface area contributed by atoms with E-state index in [4.69, 9.17) is 9.47 Å². The number of nitrogens with zero attached hydrogens (tertiary/aromatic N) is 4. The summed E-state index contributed by atoms with van der Waals surface area (Å²) in [6, 6.07) is 18.8. The first-order valence-corrected chi connectivity index (χ1v) is 9.86. The van der Waals surface area contributed by atoms with E-state index in [1.54, 1.807) is 60.7 Å². The van der Waals surface area contributed by atoms with Gasteiger partial charge in [-0.05, 0) is 46.8 Å². The summed E-state index contributed by atoms with van der Waals surface area (Å²) in [6.07, 6.45) is 1.46. The van der Waals surface area contributed by atoms with Gasteiger partial charge in [-0.15, -0.1) is 5.10 Å². The van der Waals surface area contributed by atoms with Gasteiger partial charge in [-0.25, -0.2) is 4.68 Å². The third-order valence-electron chi connectivity index (χ3n) is 4.80. The molecule has 0 radical (unpaired) electrons. The Hall–Kier alpha value is -4.73. The van der Waals surface area contributed by atoms with E-state index in [1.807, 2.05) is 6.07 Å². The fraction of sp³-hybridized carbons (Fsp3) is 0.0870. The Morgan fingerprint density at radius 1 is 0.788 bits per heavy atom. The lowest BCUT2D eigenvalue weighted by atomic mass is 10.1. The summed E-state index contributed by atoms with van der Waals surface area (Å²) in [4.78, 5) is 25.4. The Bertz CT molecular complexity index is 1260. The van der Waals surface area contributed by atoms with Crippen molar-refractivity contribution in [1.29, 1.82) is 0 Å². The van der Waals surface area contributed by atoms with Crippen LogP contribution in [0, 0.1) is 0 Å². The highest BCUT2D eigenvalue weighted by molar-refractivity contribution is 6.07. The highest BCUT2D eigenvalue weighted by atomic mass is 16.5. The molecule has 166 valence electrons. The maximum absolute atomic E-state index is 12.8. The zero-order valence-corrected chi connectivity index (χ0v) is 17.9. The number of hydrogen-bond donors (Lipinski definition) is 2. The molecule has 2 N–H and O–H groups in total. The average Bonchev–Trinajstić information content (AvgIpc) is 3.40. The molecule has 1 aromatic heterocycles. The van der Waals surface area contributed by atoms with Gasteiger partial charge in [-0.2, -0.15) is 0 Å². The van der Waals surface area contributed by atoms with Crippen LogP contribution >= 0.6 is 0 Å². The number of aromatic nitrogens is 4. The normalized spacial score (nSPS) is 10.4. The standard InChI is InChI=1S/C23H20N6O4/c1-32-20-13-19(21(33-2)12-18(20)25-22(30)15-6-4-3-5-7-15)26-23(31)16-8-10-17(11-9-16)29-14-24-27-28-29/h3-14H,1-2H3,(H,25,30)(H,26,31). The van der Waals surface area contributed by atoms with Crippen molar-refractivity contribution in [3.63, 3.8) is 0 Å². The van der Waals surface area contributed by atoms with Gasteiger partial charge in [0.2, 0.25) is 0 Å². The first-order chi connectivity index (χ1) is 16.1. The number of nitrogens with one attached hydrogen (secondary N) is 2. The highest BCUT2D eigenvalue weighted by Gasteiger charge is 2.17. The van der Waals surface area contributed by atoms with E-state index in [9.17, 15) is 9.59 Å². The van der Waals surface area contributed by atoms with Crippen LogP contribution < -0.4 is 20.1 Å². The molecule has 0 bridgehead atoms. The van der Waals surface area contributed by atoms with E-state index in [2.05, 4.69) is 26.2 Å². The van der Waals surface area contributed by atoms with E-state index in [-0.39, 0.29) is 11.8 Å². The highest BCUT2D eigenvalue weighted by Crippen LogP contribution is 2.37. The summed E-state index contributed by atoms with van der Waals surface area (Å²) in [5.74, 6) is 0.0809. The van der Waals surface area contributed by atoms with Crippen LogP contribution in [0.15, 0.2) is 73.1 Å². The van der Waals surface area contributed by atoms with Crippen LogP contribution in [0.2, 0.25) is 0 Å². The smallest absolute Gasteiger partial charge is 0.255 e. The lowest BCUT2D eigenvalue weighted by molar-refractivity contribution is 0.101. The monoisotopic (exact) mass is 444 g/mol. The molecule has 4 rings (SSSR count). The topological polar surface area (TPSA) is 120 Å². The second-order valence-electron chi connectivity index (χ2n) is 6.83. The number of tetrazole rings is 1. The largest absolute Gasteiger partial charge is 0.494 e. The summed E-state index contributed by atoms with van der Waals surface area (Å²) < 4.78 is 12.3. The van der Waals surface area contributed by atoms with Gasteiger partial charge in [-0.1, -0.05) is 18.2 Å². The van der Waals surface area contributed by atoms with Crippen LogP contribution in [-0.2, 0) is 0 Å². The number of hydrogen-bond acceptors (Lipinski definition) is 7. The van der Waals surface area contributed by atoms with Gasteiger partial charge in [0, 0.05) is 23.3 Å². The molecule has 0 saturated heterocycles. The van der Waals surface area contributed by atoms with Crippen LogP contribution in [0.4, 0.5) is 11.4 Å². The minimum atomic E-state index is -0.348. The minimum Gasteiger partial charge on any atom is -0.494 e. The van der Waals surface area contributed by atoms with Crippen LogP contribution in [0.5, 0.6) is 11.5 Å². The number of carbonyl (C=O) groups is 2. The Morgan fingerprint density at radius 3 is 1.82 bits per heavy atom. The molecule has 0 aliphatic rings. The van der Waals surface area contributed by atoms with E-state index in [1.165, 1.54) is 25.2 Å². The van der Waals surface area contributed by atoms with Gasteiger partial charge >= 0.3 is 0 Å². The number of rotatable bonds is 7. The molecular formula is C23H20N6O4. The minimum absolute atomic E-state index is 0.296. The van der Waals surface area contributed by atoms with Crippen LogP contribution in [-0.4, -0.2) is 46.2 Å². The van der Waals surface area contributed by atoms with Gasteiger partial charge in [0.15, 0.2) is 0 Å². The summed E-state index contributed by atoms with van der Waals surface area (Å²) in [6.45, 7) is 0. The van der Waals surface area contributed by atoms with Crippen molar-refractivity contribution in [3.8, 4) is 17.2 Å². The second kappa shape index (κ2) is 9.60. The third kappa shape index (κ3) is 4.79. The predicted octanol–water partition coefficient (Wildman–Crippen LogP) is 3.18. The number of anilines is 2. The molecule has 0 atom stereocenters. The predicted molar refractivity (Wildman–Crippen MR) is 121 cm³/mol. The summed E-state index contributed by atoms with van der Waals surface area (Å²) in [5, 5.41) is 16.6. The number of methoxy groups -OCH3 is 2. The maximum atomic E-state index is 12.8. The third-order valence-corrected chi connectivity index (χ3v) is 4.80. The second-order valence-corrected chi connectivity index (χ2v) is 6.83. The van der Waals surface area contributed by atoms with Crippen molar-refractivity contribution < 1.29 is 19.1 Å². The Morgan fingerprint density at radius 2 is 1.33 bits per heavy atom. The van der Waals surface area contributed by atoms with Crippen molar-refractivity contribution in [1.82, 2.24) is 20.2 Å². The van der Waals surface area contributed by atoms with E-state index in [0.29, 0.717) is 39.7 Å². The van der Waals surface area contributed by atoms with Crippen LogP contribution in [0.1, 0.15) is 20.7 Å². The van der Waals surface area contributed by atoms with Gasteiger partial charge < -0.3 is 20.1 Å². The molecule has 3 aromatic carbocycles. The van der Waals surface area contributed by atoms with Crippen LogP contribution in [0.3, 0.4) is 0 Å². The fourth-order valence-corrected chi connectivity index (χ4v) is 3.12. The van der Waals surface area contributed by atoms with Crippen molar-refractivity contribution >= 4 is 23.2 Å². The summed E-state index contributed by atoms with van der Waals surface area (Å²) >= 11 is 0. The van der Waals surface area contributed by atoms with Crippen molar-refractivity contribution in [2.24, 2.45) is 0 Å². The molecular weight excluding hydrogens is 424 g/mol. The van der Waals surface area contributed by atoms with Gasteiger partial charge in [-0.3, -0.25) is 9.59 Å². The maximum Gasteiger partial charge on any atom is 0.255 e. The Kier molecular flexibility index (Phi) is 6.26. The summed E-state index contributed by atoms with van der Waals surface area (Å²) in [7, 11) is 2.95. The first-order valence-electron chi connectivity index (χ1n) is 9.86. The molecule has 1 heterocycles. The van der Waals surface area contributed by atoms with Crippen molar-refractivity contribution in [3.05, 3.63) is 84.2 Å². The van der Waals surface area contributed by atoms with Gasteiger partial charge in [0.05, 0.1) is 31.3 Å². The van der Waals surface area contributed by atoms with Gasteiger partial charge in [0.1, 0.15) is 17.8 Å². The molecule has 10 nitrogen and oxygen atoms in total. The first kappa shape index (κ1) is 21.5. The number of benzene rings is 3. The molecule has 0 saturated carbocycles. The zero-order valence-electron chi connectivity index (χ0n) is 17.9. The number of ether oxygens (including phenoxy) is 2. The Labute approximate surface area is 189 Å². The lowest BCUT2D eigenvalue weighted by Crippen LogP contribution is -2.15. The Balaban J connectivity index is 1.55. The number of carbonyl (C=O) groups excluding carboxylic acids is 2. The summed E-state index contributed by atoms with van der Waals surface area (Å²) in [5.41, 5.74) is 2.44. The van der Waals surface area contributed by atoms with Crippen molar-refractivity contribution in [2.45, 2.75) is 0 Å². The molecule has 4 aromatic rings. The molecule has 0 unspecified atom stereocenters. The molecule has 0 aliphatic carbocycles. The molecule has 0 aliphatic heterocycles. The molecule has 2 amide bonds. The van der Waals surface area contributed by atoms with E-state index < -0.39 is 0 Å². The molecule has 33 heavy (non-hydrogen) atoms. The van der Waals surface area contributed by atoms with E-state index in [0.717, 1.165) is 0 Å². The molecule has 0 fully saturated rings. The molecule has 0 spiro atoms. The number of amides is 2. The SMILES string of the molecule is COc1cc(NC(=O)c2ccc(-n3cnnn3)cc2)c(OC)cc1NC(=O)c1ccccc1. The van der Waals surface area contributed by atoms with E-state index >= 15 is 0 Å².